The number of rotatable bonds is 9. The summed E-state index contributed by atoms with van der Waals surface area (Å²) in [6, 6.07) is 0. The fourth-order valence-electron chi connectivity index (χ4n) is 4.85. The smallest absolute Gasteiger partial charge is 0.0384 e. The molecule has 0 heteroatoms. The highest BCUT2D eigenvalue weighted by Gasteiger charge is 2.53. The summed E-state index contributed by atoms with van der Waals surface area (Å²) in [5.41, 5.74) is 4.79. The number of hydrogen-bond donors (Lipinski definition) is 0. The van der Waals surface area contributed by atoms with Crippen LogP contribution in [0, 0.1) is 16.7 Å². The minimum absolute atomic E-state index is 0.232. The molecule has 3 unspecified atom stereocenters. The fraction of sp³-hybridized carbons (Fsp3) is 0.429. The first kappa shape index (κ1) is 24.0. The van der Waals surface area contributed by atoms with Gasteiger partial charge >= 0.3 is 0 Å². The quantitative estimate of drug-likeness (QED) is 0.279. The largest absolute Gasteiger partial charge is 0.102 e. The molecule has 0 aromatic carbocycles. The molecule has 0 aromatic heterocycles. The van der Waals surface area contributed by atoms with E-state index in [-0.39, 0.29) is 16.7 Å². The maximum Gasteiger partial charge on any atom is 0.0384 e. The average molecular weight is 377 g/mol. The van der Waals surface area contributed by atoms with E-state index in [2.05, 4.69) is 116 Å². The van der Waals surface area contributed by atoms with Crippen molar-refractivity contribution in [1.29, 1.82) is 0 Å². The number of hydrogen-bond acceptors (Lipinski definition) is 0. The normalized spacial score (nSPS) is 26.2. The van der Waals surface area contributed by atoms with E-state index < -0.39 is 0 Å². The fourth-order valence-corrected chi connectivity index (χ4v) is 4.85. The monoisotopic (exact) mass is 376 g/mol. The summed E-state index contributed by atoms with van der Waals surface area (Å²) in [5.74, 6) is 0.285. The molecule has 3 atom stereocenters. The molecule has 1 aliphatic carbocycles. The lowest BCUT2D eigenvalue weighted by Crippen LogP contribution is -2.46. The van der Waals surface area contributed by atoms with E-state index in [1.807, 2.05) is 6.08 Å². The molecule has 0 saturated heterocycles. The van der Waals surface area contributed by atoms with Gasteiger partial charge in [0.15, 0.2) is 0 Å². The van der Waals surface area contributed by atoms with E-state index in [0.29, 0.717) is 0 Å². The Labute approximate surface area is 174 Å². The van der Waals surface area contributed by atoms with Crippen LogP contribution in [0.3, 0.4) is 0 Å². The van der Waals surface area contributed by atoms with Crippen molar-refractivity contribution in [2.45, 2.75) is 61.3 Å². The van der Waals surface area contributed by atoms with E-state index in [9.17, 15) is 0 Å². The van der Waals surface area contributed by atoms with Gasteiger partial charge in [0, 0.05) is 10.8 Å². The van der Waals surface area contributed by atoms with E-state index in [0.717, 1.165) is 12.8 Å². The van der Waals surface area contributed by atoms with Crippen molar-refractivity contribution in [3.63, 3.8) is 0 Å². The average Bonchev–Trinajstić information content (AvgIpc) is 2.69. The van der Waals surface area contributed by atoms with Gasteiger partial charge in [-0.05, 0) is 61.8 Å². The van der Waals surface area contributed by atoms with Crippen LogP contribution in [-0.4, -0.2) is 0 Å². The molecule has 0 heterocycles. The Kier molecular flexibility index (Phi) is 8.95. The Morgan fingerprint density at radius 1 is 1.18 bits per heavy atom. The Morgan fingerprint density at radius 2 is 1.82 bits per heavy atom. The third-order valence-corrected chi connectivity index (χ3v) is 6.20. The van der Waals surface area contributed by atoms with Crippen LogP contribution in [0.1, 0.15) is 61.3 Å². The Hall–Kier alpha value is -2.08. The van der Waals surface area contributed by atoms with Crippen molar-refractivity contribution in [1.82, 2.24) is 0 Å². The van der Waals surface area contributed by atoms with E-state index >= 15 is 0 Å². The molecule has 0 N–H and O–H groups in total. The zero-order valence-corrected chi connectivity index (χ0v) is 19.2. The summed E-state index contributed by atoms with van der Waals surface area (Å²) in [6.07, 6.45) is 24.5. The van der Waals surface area contributed by atoms with E-state index in [1.165, 1.54) is 22.3 Å². The van der Waals surface area contributed by atoms with Gasteiger partial charge in [0.25, 0.3) is 0 Å². The Balaban J connectivity index is 4.14. The van der Waals surface area contributed by atoms with Crippen LogP contribution in [0.2, 0.25) is 0 Å². The molecule has 0 amide bonds. The van der Waals surface area contributed by atoms with Gasteiger partial charge in [0.2, 0.25) is 0 Å². The van der Waals surface area contributed by atoms with Crippen molar-refractivity contribution >= 4 is 0 Å². The predicted octanol–water partition coefficient (Wildman–Crippen LogP) is 8.70. The molecule has 1 aliphatic rings. The molecule has 28 heavy (non-hydrogen) atoms. The maximum atomic E-state index is 4.29. The lowest BCUT2D eigenvalue weighted by atomic mass is 9.48. The number of allylic oxidation sites excluding steroid dienone is 14. The van der Waals surface area contributed by atoms with Gasteiger partial charge in [0.1, 0.15) is 0 Å². The highest BCUT2D eigenvalue weighted by atomic mass is 14.6. The summed E-state index contributed by atoms with van der Waals surface area (Å²) in [5, 5.41) is 0. The SMILES string of the molecule is C=CC1=CC(C)C(C(/C=C\CC)=C/C)(C(C)(C=C)C=CC)C(/C=C\CC)=C1C. The van der Waals surface area contributed by atoms with Gasteiger partial charge in [0.05, 0.1) is 0 Å². The molecule has 0 nitrogen and oxygen atoms in total. The van der Waals surface area contributed by atoms with Crippen molar-refractivity contribution in [3.8, 4) is 0 Å². The second-order valence-corrected chi connectivity index (χ2v) is 7.81. The van der Waals surface area contributed by atoms with Crippen molar-refractivity contribution < 1.29 is 0 Å². The topological polar surface area (TPSA) is 0 Å². The van der Waals surface area contributed by atoms with Crippen molar-refractivity contribution in [2.75, 3.05) is 0 Å². The minimum atomic E-state index is -0.237. The standard InChI is InChI=1S/C28H40/c1-10-16-18-25(14-5)28(27(9,15-6)20-12-3)22(7)21-24(13-4)23(8)26(28)19-17-11-2/h12-22H,4,6,10-11H2,1-3,5,7-9H3/b18-16-,19-17-,20-12?,25-14+. The molecule has 0 radical (unpaired) electrons. The molecule has 0 saturated carbocycles. The van der Waals surface area contributed by atoms with Gasteiger partial charge in [-0.15, -0.1) is 6.58 Å². The Morgan fingerprint density at radius 3 is 2.29 bits per heavy atom. The first-order valence-corrected chi connectivity index (χ1v) is 10.7. The molecule has 0 bridgehead atoms. The van der Waals surface area contributed by atoms with Crippen LogP contribution < -0.4 is 0 Å². The second-order valence-electron chi connectivity index (χ2n) is 7.81. The molecule has 152 valence electrons. The third-order valence-electron chi connectivity index (χ3n) is 6.20. The highest BCUT2D eigenvalue weighted by Crippen LogP contribution is 2.61. The molecule has 0 spiro atoms. The minimum Gasteiger partial charge on any atom is -0.102 e. The van der Waals surface area contributed by atoms with Crippen LogP contribution in [0.4, 0.5) is 0 Å². The van der Waals surface area contributed by atoms with Crippen molar-refractivity contribution in [2.24, 2.45) is 16.7 Å². The summed E-state index contributed by atoms with van der Waals surface area (Å²) in [7, 11) is 0. The second kappa shape index (κ2) is 10.5. The maximum absolute atomic E-state index is 4.29. The third kappa shape index (κ3) is 4.02. The lowest BCUT2D eigenvalue weighted by molar-refractivity contribution is 0.193. The molecule has 0 aromatic rings. The lowest BCUT2D eigenvalue weighted by Gasteiger charge is -2.54. The van der Waals surface area contributed by atoms with Gasteiger partial charge in [-0.2, -0.15) is 0 Å². The van der Waals surface area contributed by atoms with Crippen LogP contribution in [0.25, 0.3) is 0 Å². The van der Waals surface area contributed by atoms with E-state index in [1.54, 1.807) is 0 Å². The summed E-state index contributed by atoms with van der Waals surface area (Å²) < 4.78 is 0. The Bertz CT molecular complexity index is 747. The van der Waals surface area contributed by atoms with E-state index in [4.69, 9.17) is 0 Å². The zero-order chi connectivity index (χ0) is 21.4. The van der Waals surface area contributed by atoms with Crippen LogP contribution in [0.15, 0.2) is 96.2 Å². The summed E-state index contributed by atoms with van der Waals surface area (Å²) in [4.78, 5) is 0. The molecule has 0 fully saturated rings. The van der Waals surface area contributed by atoms with Gasteiger partial charge in [-0.3, -0.25) is 0 Å². The van der Waals surface area contributed by atoms with Crippen molar-refractivity contribution in [3.05, 3.63) is 96.2 Å². The van der Waals surface area contributed by atoms with Crippen LogP contribution in [0.5, 0.6) is 0 Å². The molecule has 1 rings (SSSR count). The summed E-state index contributed by atoms with van der Waals surface area (Å²) >= 11 is 0. The van der Waals surface area contributed by atoms with Crippen LogP contribution >= 0.6 is 0 Å². The molecular weight excluding hydrogens is 336 g/mol. The molecule has 0 aliphatic heterocycles. The predicted molar refractivity (Wildman–Crippen MR) is 128 cm³/mol. The first-order chi connectivity index (χ1) is 13.3. The van der Waals surface area contributed by atoms with Gasteiger partial charge < -0.3 is 0 Å². The summed E-state index contributed by atoms with van der Waals surface area (Å²) in [6.45, 7) is 23.9. The first-order valence-electron chi connectivity index (χ1n) is 10.7. The van der Waals surface area contributed by atoms with Gasteiger partial charge in [-0.25, -0.2) is 0 Å². The zero-order valence-electron chi connectivity index (χ0n) is 19.2. The van der Waals surface area contributed by atoms with Crippen LogP contribution in [-0.2, 0) is 0 Å². The van der Waals surface area contributed by atoms with Gasteiger partial charge in [-0.1, -0.05) is 95.0 Å². The highest BCUT2D eigenvalue weighted by molar-refractivity contribution is 5.59. The molecular formula is C28H40.